The van der Waals surface area contributed by atoms with Crippen molar-refractivity contribution in [2.75, 3.05) is 19.5 Å². The van der Waals surface area contributed by atoms with Crippen molar-refractivity contribution < 1.29 is 19.4 Å². The Hall–Kier alpha value is -3.07. The number of nitrogens with zero attached hydrogens (tertiary/aromatic N) is 2. The fraction of sp³-hybridized carbons (Fsp3) is 0.235. The number of aromatic nitrogens is 2. The van der Waals surface area contributed by atoms with Crippen molar-refractivity contribution >= 4 is 28.0 Å². The van der Waals surface area contributed by atoms with Crippen LogP contribution >= 0.6 is 11.3 Å². The van der Waals surface area contributed by atoms with Gasteiger partial charge in [0.25, 0.3) is 5.56 Å². The van der Waals surface area contributed by atoms with Gasteiger partial charge in [0.1, 0.15) is 5.82 Å². The van der Waals surface area contributed by atoms with Crippen LogP contribution in [-0.2, 0) is 4.79 Å². The van der Waals surface area contributed by atoms with Gasteiger partial charge in [-0.2, -0.15) is 4.98 Å². The SMILES string of the molecule is COc1cc(C2CC(=O)Nc3c2c(=O)nc2sccn32)cc(OC)c1O. The Morgan fingerprint density at radius 2 is 1.96 bits per heavy atom. The molecular weight excluding hydrogens is 358 g/mol. The first kappa shape index (κ1) is 16.4. The van der Waals surface area contributed by atoms with Gasteiger partial charge in [0, 0.05) is 23.9 Å². The van der Waals surface area contributed by atoms with E-state index in [0.29, 0.717) is 21.9 Å². The molecule has 1 atom stereocenters. The van der Waals surface area contributed by atoms with Crippen LogP contribution in [0.3, 0.4) is 0 Å². The lowest BCUT2D eigenvalue weighted by molar-refractivity contribution is -0.116. The van der Waals surface area contributed by atoms with Gasteiger partial charge >= 0.3 is 0 Å². The minimum absolute atomic E-state index is 0.0806. The number of carbonyl (C=O) groups is 1. The summed E-state index contributed by atoms with van der Waals surface area (Å²) in [5.74, 6) is -0.0398. The second kappa shape index (κ2) is 6.03. The first-order chi connectivity index (χ1) is 12.5. The molecule has 26 heavy (non-hydrogen) atoms. The number of methoxy groups -OCH3 is 2. The molecule has 1 aliphatic heterocycles. The van der Waals surface area contributed by atoms with E-state index in [2.05, 4.69) is 10.3 Å². The first-order valence-electron chi connectivity index (χ1n) is 7.78. The van der Waals surface area contributed by atoms with Gasteiger partial charge in [-0.05, 0) is 17.7 Å². The van der Waals surface area contributed by atoms with E-state index in [1.54, 1.807) is 28.1 Å². The topological polar surface area (TPSA) is 102 Å². The molecule has 0 aliphatic carbocycles. The summed E-state index contributed by atoms with van der Waals surface area (Å²) in [7, 11) is 2.84. The summed E-state index contributed by atoms with van der Waals surface area (Å²) in [6.07, 6.45) is 1.84. The second-order valence-electron chi connectivity index (χ2n) is 5.81. The van der Waals surface area contributed by atoms with Crippen molar-refractivity contribution in [3.05, 3.63) is 45.2 Å². The highest BCUT2D eigenvalue weighted by molar-refractivity contribution is 7.15. The van der Waals surface area contributed by atoms with Crippen molar-refractivity contribution in [2.24, 2.45) is 0 Å². The summed E-state index contributed by atoms with van der Waals surface area (Å²) >= 11 is 1.31. The van der Waals surface area contributed by atoms with Crippen LogP contribution in [0.4, 0.5) is 5.82 Å². The molecular formula is C17H15N3O5S. The number of hydrogen-bond acceptors (Lipinski definition) is 7. The van der Waals surface area contributed by atoms with Gasteiger partial charge in [-0.15, -0.1) is 11.3 Å². The molecule has 0 radical (unpaired) electrons. The first-order valence-corrected chi connectivity index (χ1v) is 8.66. The van der Waals surface area contributed by atoms with E-state index in [4.69, 9.17) is 9.47 Å². The van der Waals surface area contributed by atoms with Crippen molar-refractivity contribution in [2.45, 2.75) is 12.3 Å². The molecule has 1 unspecified atom stereocenters. The minimum Gasteiger partial charge on any atom is -0.502 e. The van der Waals surface area contributed by atoms with Crippen LogP contribution in [0.5, 0.6) is 17.2 Å². The summed E-state index contributed by atoms with van der Waals surface area (Å²) in [6, 6.07) is 3.21. The molecule has 1 amide bonds. The Kier molecular flexibility index (Phi) is 3.80. The third-order valence-electron chi connectivity index (χ3n) is 4.41. The van der Waals surface area contributed by atoms with Gasteiger partial charge in [-0.25, -0.2) is 0 Å². The Labute approximate surface area is 151 Å². The molecule has 1 aromatic carbocycles. The predicted molar refractivity (Wildman–Crippen MR) is 95.6 cm³/mol. The van der Waals surface area contributed by atoms with E-state index in [9.17, 15) is 14.7 Å². The lowest BCUT2D eigenvalue weighted by atomic mass is 9.86. The molecule has 134 valence electrons. The van der Waals surface area contributed by atoms with E-state index >= 15 is 0 Å². The number of phenolic OH excluding ortho intramolecular Hbond substituents is 1. The molecule has 9 heteroatoms. The summed E-state index contributed by atoms with van der Waals surface area (Å²) in [5.41, 5.74) is 0.635. The Balaban J connectivity index is 1.98. The molecule has 8 nitrogen and oxygen atoms in total. The average Bonchev–Trinajstić information content (AvgIpc) is 3.09. The minimum atomic E-state index is -0.529. The number of aromatic hydroxyl groups is 1. The van der Waals surface area contributed by atoms with Gasteiger partial charge in [-0.1, -0.05) is 0 Å². The maximum atomic E-state index is 12.7. The molecule has 0 bridgehead atoms. The van der Waals surface area contributed by atoms with Crippen LogP contribution in [0.1, 0.15) is 23.5 Å². The largest absolute Gasteiger partial charge is 0.502 e. The van der Waals surface area contributed by atoms with Crippen molar-refractivity contribution in [1.29, 1.82) is 0 Å². The Bertz CT molecular complexity index is 1060. The van der Waals surface area contributed by atoms with Crippen molar-refractivity contribution in [3.63, 3.8) is 0 Å². The number of benzene rings is 1. The monoisotopic (exact) mass is 373 g/mol. The van der Waals surface area contributed by atoms with E-state index in [1.165, 1.54) is 25.6 Å². The molecule has 2 aromatic heterocycles. The highest BCUT2D eigenvalue weighted by Crippen LogP contribution is 2.43. The standard InChI is InChI=1S/C17H15N3O5S/c1-24-10-5-8(6-11(25-2)14(10)22)9-7-12(21)18-15-13(9)16(23)19-17-20(15)3-4-26-17/h3-6,9,22H,7H2,1-2H3,(H,18,21). The number of hydrogen-bond donors (Lipinski definition) is 2. The lowest BCUT2D eigenvalue weighted by Gasteiger charge is -2.26. The molecule has 0 saturated heterocycles. The highest BCUT2D eigenvalue weighted by atomic mass is 32.1. The number of phenols is 1. The zero-order valence-electron chi connectivity index (χ0n) is 14.0. The number of rotatable bonds is 3. The fourth-order valence-electron chi connectivity index (χ4n) is 3.21. The normalized spacial score (nSPS) is 16.2. The smallest absolute Gasteiger partial charge is 0.279 e. The number of thiazole rings is 1. The van der Waals surface area contributed by atoms with E-state index < -0.39 is 11.5 Å². The van der Waals surface area contributed by atoms with Crippen LogP contribution in [-0.4, -0.2) is 34.6 Å². The number of amides is 1. The lowest BCUT2D eigenvalue weighted by Crippen LogP contribution is -2.31. The van der Waals surface area contributed by atoms with Crippen LogP contribution in [0.25, 0.3) is 4.96 Å². The number of anilines is 1. The number of ether oxygens (including phenoxy) is 2. The number of nitrogens with one attached hydrogen (secondary N) is 1. The molecule has 1 aliphatic rings. The average molecular weight is 373 g/mol. The Morgan fingerprint density at radius 3 is 2.62 bits per heavy atom. The van der Waals surface area contributed by atoms with Crippen molar-refractivity contribution in [1.82, 2.24) is 9.38 Å². The summed E-state index contributed by atoms with van der Waals surface area (Å²) in [4.78, 5) is 29.6. The molecule has 3 heterocycles. The third-order valence-corrected chi connectivity index (χ3v) is 5.17. The number of carbonyl (C=O) groups excluding carboxylic acids is 1. The fourth-order valence-corrected chi connectivity index (χ4v) is 3.92. The molecule has 3 aromatic rings. The highest BCUT2D eigenvalue weighted by Gasteiger charge is 2.32. The summed E-state index contributed by atoms with van der Waals surface area (Å²) < 4.78 is 12.1. The predicted octanol–water partition coefficient (Wildman–Crippen LogP) is 1.95. The zero-order chi connectivity index (χ0) is 18.4. The van der Waals surface area contributed by atoms with Gasteiger partial charge < -0.3 is 19.9 Å². The molecule has 0 spiro atoms. The molecule has 2 N–H and O–H groups in total. The maximum absolute atomic E-state index is 12.7. The zero-order valence-corrected chi connectivity index (χ0v) is 14.8. The second-order valence-corrected chi connectivity index (χ2v) is 6.69. The van der Waals surface area contributed by atoms with Crippen LogP contribution in [0, 0.1) is 0 Å². The van der Waals surface area contributed by atoms with Crippen molar-refractivity contribution in [3.8, 4) is 17.2 Å². The van der Waals surface area contributed by atoms with Gasteiger partial charge in [0.05, 0.1) is 19.8 Å². The quantitative estimate of drug-likeness (QED) is 0.728. The van der Waals surface area contributed by atoms with Crippen LogP contribution < -0.4 is 20.3 Å². The summed E-state index contributed by atoms with van der Waals surface area (Å²) in [6.45, 7) is 0. The van der Waals surface area contributed by atoms with Gasteiger partial charge in [0.15, 0.2) is 16.5 Å². The molecule has 4 rings (SSSR count). The third kappa shape index (κ3) is 2.39. The van der Waals surface area contributed by atoms with Gasteiger partial charge in [-0.3, -0.25) is 14.0 Å². The van der Waals surface area contributed by atoms with E-state index in [1.807, 2.05) is 0 Å². The molecule has 0 fully saturated rings. The maximum Gasteiger partial charge on any atom is 0.279 e. The van der Waals surface area contributed by atoms with Crippen LogP contribution in [0.15, 0.2) is 28.5 Å². The Morgan fingerprint density at radius 1 is 1.27 bits per heavy atom. The van der Waals surface area contributed by atoms with E-state index in [-0.39, 0.29) is 29.6 Å². The van der Waals surface area contributed by atoms with E-state index in [0.717, 1.165) is 0 Å². The van der Waals surface area contributed by atoms with Gasteiger partial charge in [0.2, 0.25) is 11.7 Å². The molecule has 0 saturated carbocycles. The van der Waals surface area contributed by atoms with Crippen LogP contribution in [0.2, 0.25) is 0 Å². The number of fused-ring (bicyclic) bond motifs is 3. The summed E-state index contributed by atoms with van der Waals surface area (Å²) in [5, 5.41) is 14.7.